The third-order valence-corrected chi connectivity index (χ3v) is 6.79. The first-order chi connectivity index (χ1) is 14.7. The molecule has 1 aliphatic carbocycles. The Morgan fingerprint density at radius 2 is 2.03 bits per heavy atom. The van der Waals surface area contributed by atoms with E-state index in [4.69, 9.17) is 4.74 Å². The third-order valence-electron chi connectivity index (χ3n) is 5.96. The van der Waals surface area contributed by atoms with Gasteiger partial charge in [-0.3, -0.25) is 9.88 Å². The summed E-state index contributed by atoms with van der Waals surface area (Å²) in [6.07, 6.45) is 8.97. The summed E-state index contributed by atoms with van der Waals surface area (Å²) in [4.78, 5) is 28.1. The first-order valence-corrected chi connectivity index (χ1v) is 11.1. The van der Waals surface area contributed by atoms with Crippen molar-refractivity contribution in [3.05, 3.63) is 54.4 Å². The third kappa shape index (κ3) is 4.65. The van der Waals surface area contributed by atoms with E-state index < -0.39 is 0 Å². The lowest BCUT2D eigenvalue weighted by Gasteiger charge is -2.35. The maximum Gasteiger partial charge on any atom is 0.416 e. The van der Waals surface area contributed by atoms with E-state index >= 15 is 0 Å². The van der Waals surface area contributed by atoms with Gasteiger partial charge < -0.3 is 10.1 Å². The molecule has 1 spiro atoms. The Morgan fingerprint density at radius 1 is 1.16 bits per heavy atom. The minimum absolute atomic E-state index is 0. The molecule has 0 radical (unpaired) electrons. The van der Waals surface area contributed by atoms with Crippen molar-refractivity contribution in [2.75, 3.05) is 23.3 Å². The lowest BCUT2D eigenvalue weighted by molar-refractivity contribution is 0.0148. The van der Waals surface area contributed by atoms with Gasteiger partial charge in [-0.05, 0) is 55.9 Å². The highest BCUT2D eigenvalue weighted by Crippen LogP contribution is 2.40. The number of amides is 1. The summed E-state index contributed by atoms with van der Waals surface area (Å²) in [6, 6.07) is 9.68. The zero-order valence-corrected chi connectivity index (χ0v) is 18.6. The monoisotopic (exact) mass is 457 g/mol. The lowest BCUT2D eigenvalue weighted by atomic mass is 9.78. The van der Waals surface area contributed by atoms with E-state index in [-0.39, 0.29) is 24.1 Å². The molecule has 0 aromatic carbocycles. The molecular formula is C22H24ClN5O2S. The molecule has 2 aliphatic rings. The molecule has 1 N–H and O–H groups in total. The molecule has 31 heavy (non-hydrogen) atoms. The summed E-state index contributed by atoms with van der Waals surface area (Å²) < 4.78 is 5.83. The molecule has 3 aromatic rings. The predicted octanol–water partition coefficient (Wildman–Crippen LogP) is 5.02. The van der Waals surface area contributed by atoms with Crippen molar-refractivity contribution in [2.45, 2.75) is 31.3 Å². The second kappa shape index (κ2) is 9.20. The summed E-state index contributed by atoms with van der Waals surface area (Å²) in [5.41, 5.74) is 2.54. The summed E-state index contributed by atoms with van der Waals surface area (Å²) in [7, 11) is 0. The molecule has 1 saturated heterocycles. The molecule has 2 fully saturated rings. The fraction of sp³-hybridized carbons (Fsp3) is 0.364. The highest BCUT2D eigenvalue weighted by molar-refractivity contribution is 7.13. The number of halogens is 1. The van der Waals surface area contributed by atoms with Crippen molar-refractivity contribution >= 4 is 41.5 Å². The molecule has 4 heterocycles. The quantitative estimate of drug-likeness (QED) is 0.579. The number of nitrogens with one attached hydrogen (secondary N) is 1. The van der Waals surface area contributed by atoms with Gasteiger partial charge in [-0.2, -0.15) is 0 Å². The molecule has 5 rings (SSSR count). The van der Waals surface area contributed by atoms with Crippen LogP contribution in [0, 0.1) is 5.92 Å². The van der Waals surface area contributed by atoms with E-state index in [1.807, 2.05) is 42.2 Å². The maximum atomic E-state index is 12.4. The van der Waals surface area contributed by atoms with Crippen LogP contribution in [0.2, 0.25) is 0 Å². The van der Waals surface area contributed by atoms with E-state index in [9.17, 15) is 4.79 Å². The number of thiazole rings is 1. The fourth-order valence-electron chi connectivity index (χ4n) is 4.23. The highest BCUT2D eigenvalue weighted by atomic mass is 35.5. The Labute approximate surface area is 191 Å². The van der Waals surface area contributed by atoms with Crippen molar-refractivity contribution in [3.63, 3.8) is 0 Å². The van der Waals surface area contributed by atoms with E-state index in [0.29, 0.717) is 18.3 Å². The van der Waals surface area contributed by atoms with E-state index in [1.165, 1.54) is 0 Å². The summed E-state index contributed by atoms with van der Waals surface area (Å²) in [6.45, 7) is 1.46. The van der Waals surface area contributed by atoms with E-state index in [2.05, 4.69) is 26.3 Å². The molecule has 0 bridgehead atoms. The minimum Gasteiger partial charge on any atom is -0.441 e. The molecule has 1 amide bonds. The van der Waals surface area contributed by atoms with Gasteiger partial charge in [0.2, 0.25) is 0 Å². The lowest BCUT2D eigenvalue weighted by Crippen LogP contribution is -2.39. The molecule has 7 nitrogen and oxygen atoms in total. The smallest absolute Gasteiger partial charge is 0.416 e. The predicted molar refractivity (Wildman–Crippen MR) is 124 cm³/mol. The molecule has 0 unspecified atom stereocenters. The molecule has 0 atom stereocenters. The Kier molecular flexibility index (Phi) is 6.38. The van der Waals surface area contributed by atoms with Crippen LogP contribution in [0.4, 0.5) is 16.4 Å². The normalized spacial score (nSPS) is 22.8. The van der Waals surface area contributed by atoms with Crippen LogP contribution < -0.4 is 10.2 Å². The van der Waals surface area contributed by atoms with Crippen LogP contribution in [0.3, 0.4) is 0 Å². The van der Waals surface area contributed by atoms with Crippen molar-refractivity contribution in [2.24, 2.45) is 5.92 Å². The van der Waals surface area contributed by atoms with Gasteiger partial charge in [0.15, 0.2) is 0 Å². The number of hydrogen-bond acceptors (Lipinski definition) is 7. The molecule has 162 valence electrons. The van der Waals surface area contributed by atoms with Gasteiger partial charge in [0.25, 0.3) is 0 Å². The van der Waals surface area contributed by atoms with Crippen LogP contribution in [-0.2, 0) is 4.74 Å². The topological polar surface area (TPSA) is 80.2 Å². The fourth-order valence-corrected chi connectivity index (χ4v) is 4.85. The van der Waals surface area contributed by atoms with Gasteiger partial charge >= 0.3 is 6.09 Å². The van der Waals surface area contributed by atoms with Gasteiger partial charge in [0.05, 0.1) is 16.9 Å². The largest absolute Gasteiger partial charge is 0.441 e. The van der Waals surface area contributed by atoms with Crippen LogP contribution in [0.15, 0.2) is 54.4 Å². The van der Waals surface area contributed by atoms with Gasteiger partial charge in [-0.15, -0.1) is 23.7 Å². The first kappa shape index (κ1) is 21.5. The molecule has 9 heteroatoms. The van der Waals surface area contributed by atoms with Crippen LogP contribution >= 0.6 is 23.7 Å². The van der Waals surface area contributed by atoms with Gasteiger partial charge in [-0.25, -0.2) is 14.8 Å². The number of ether oxygens (including phenoxy) is 1. The molecular weight excluding hydrogens is 434 g/mol. The average Bonchev–Trinajstić information content (AvgIpc) is 3.43. The Bertz CT molecular complexity index is 993. The van der Waals surface area contributed by atoms with E-state index in [1.54, 1.807) is 22.4 Å². The van der Waals surface area contributed by atoms with Crippen LogP contribution in [-0.4, -0.2) is 39.7 Å². The summed E-state index contributed by atoms with van der Waals surface area (Å²) in [5.74, 6) is 2.09. The van der Waals surface area contributed by atoms with Crippen molar-refractivity contribution in [1.29, 1.82) is 0 Å². The summed E-state index contributed by atoms with van der Waals surface area (Å²) >= 11 is 1.61. The van der Waals surface area contributed by atoms with E-state index in [0.717, 1.165) is 48.5 Å². The van der Waals surface area contributed by atoms with Crippen molar-refractivity contribution in [1.82, 2.24) is 15.0 Å². The zero-order valence-electron chi connectivity index (χ0n) is 16.9. The Balaban J connectivity index is 0.00000231. The Morgan fingerprint density at radius 3 is 2.71 bits per heavy atom. The number of carbonyl (C=O) groups excluding carboxylic acids is 1. The van der Waals surface area contributed by atoms with Crippen LogP contribution in [0.5, 0.6) is 0 Å². The van der Waals surface area contributed by atoms with Crippen molar-refractivity contribution in [3.8, 4) is 10.4 Å². The number of rotatable bonds is 5. The SMILES string of the molecule is Cl.O=C1OC2(CCC(CNc3ccc(-c4cncs4)cn3)CC2)CN1c1ccccn1. The number of carbonyl (C=O) groups is 1. The standard InChI is InChI=1S/C22H23N5O2S.ClH/c28-21-27(20-3-1-2-10-24-20)14-22(29-21)8-6-16(7-9-22)11-25-19-5-4-17(12-26-19)18-13-23-15-30-18;/h1-5,10,12-13,15-16H,6-9,11,14H2,(H,25,26);1H. The van der Waals surface area contributed by atoms with Gasteiger partial charge in [-0.1, -0.05) is 6.07 Å². The van der Waals surface area contributed by atoms with Crippen molar-refractivity contribution < 1.29 is 9.53 Å². The average molecular weight is 458 g/mol. The maximum absolute atomic E-state index is 12.4. The number of anilines is 2. The minimum atomic E-state index is -0.375. The Hall–Kier alpha value is -2.71. The zero-order chi connectivity index (χ0) is 20.4. The van der Waals surface area contributed by atoms with Crippen LogP contribution in [0.1, 0.15) is 25.7 Å². The first-order valence-electron chi connectivity index (χ1n) is 10.2. The van der Waals surface area contributed by atoms with Gasteiger partial charge in [0.1, 0.15) is 17.2 Å². The number of hydrogen-bond donors (Lipinski definition) is 1. The van der Waals surface area contributed by atoms with Crippen LogP contribution in [0.25, 0.3) is 10.4 Å². The number of pyridine rings is 2. The number of aromatic nitrogens is 3. The second-order valence-corrected chi connectivity index (χ2v) is 8.83. The number of nitrogens with zero attached hydrogens (tertiary/aromatic N) is 4. The molecule has 1 aliphatic heterocycles. The second-order valence-electron chi connectivity index (χ2n) is 7.95. The molecule has 3 aromatic heterocycles. The summed E-state index contributed by atoms with van der Waals surface area (Å²) in [5, 5.41) is 3.46. The van der Waals surface area contributed by atoms with Gasteiger partial charge in [0, 0.05) is 30.7 Å². The highest BCUT2D eigenvalue weighted by Gasteiger charge is 2.47. The molecule has 1 saturated carbocycles.